The van der Waals surface area contributed by atoms with Gasteiger partial charge in [-0.2, -0.15) is 0 Å². The van der Waals surface area contributed by atoms with Crippen molar-refractivity contribution in [2.24, 2.45) is 4.99 Å². The number of Topliss-reactive ketones (excluding diaryl/α,β-unsaturated/α-hetero) is 1. The predicted octanol–water partition coefficient (Wildman–Crippen LogP) is 3.20. The van der Waals surface area contributed by atoms with Gasteiger partial charge in [0.2, 0.25) is 0 Å². The molecule has 0 unspecified atom stereocenters. The van der Waals surface area contributed by atoms with Crippen LogP contribution in [0.5, 0.6) is 0 Å². The number of rotatable bonds is 7. The summed E-state index contributed by atoms with van der Waals surface area (Å²) in [6.45, 7) is 5.89. The van der Waals surface area contributed by atoms with Crippen LogP contribution in [0.25, 0.3) is 0 Å². The first-order chi connectivity index (χ1) is 9.99. The summed E-state index contributed by atoms with van der Waals surface area (Å²) in [5.41, 5.74) is 6.06. The van der Waals surface area contributed by atoms with E-state index in [1.807, 2.05) is 6.92 Å². The number of aliphatic imine (C=N–C) groups is 1. The molecule has 0 heterocycles. The van der Waals surface area contributed by atoms with Crippen molar-refractivity contribution in [3.8, 4) is 0 Å². The number of benzene rings is 1. The van der Waals surface area contributed by atoms with E-state index in [1.54, 1.807) is 13.3 Å². The molecule has 3 heteroatoms. The van der Waals surface area contributed by atoms with Crippen molar-refractivity contribution in [1.29, 1.82) is 0 Å². The van der Waals surface area contributed by atoms with Crippen LogP contribution in [-0.4, -0.2) is 30.8 Å². The Morgan fingerprint density at radius 3 is 2.67 bits per heavy atom. The zero-order chi connectivity index (χ0) is 15.8. The zero-order valence-corrected chi connectivity index (χ0v) is 13.4. The maximum absolute atomic E-state index is 11.4. The van der Waals surface area contributed by atoms with Gasteiger partial charge < -0.3 is 5.11 Å². The molecular weight excluding hydrogens is 262 g/mol. The van der Waals surface area contributed by atoms with Crippen molar-refractivity contribution in [3.63, 3.8) is 0 Å². The van der Waals surface area contributed by atoms with Gasteiger partial charge in [0.25, 0.3) is 0 Å². The third-order valence-corrected chi connectivity index (χ3v) is 3.88. The van der Waals surface area contributed by atoms with Gasteiger partial charge in [-0.05, 0) is 55.9 Å². The van der Waals surface area contributed by atoms with E-state index in [2.05, 4.69) is 37.0 Å². The van der Waals surface area contributed by atoms with Crippen LogP contribution in [0, 0.1) is 13.8 Å². The molecular formula is C18H25NO2. The lowest BCUT2D eigenvalue weighted by molar-refractivity contribution is -0.121. The second-order valence-corrected chi connectivity index (χ2v) is 5.43. The maximum atomic E-state index is 11.4. The fraction of sp³-hybridized carbons (Fsp3) is 0.444. The van der Waals surface area contributed by atoms with Crippen molar-refractivity contribution in [2.45, 2.75) is 40.0 Å². The number of carbonyl (C=O) groups excluding carboxylic acids is 1. The van der Waals surface area contributed by atoms with Crippen LogP contribution in [-0.2, 0) is 11.2 Å². The molecule has 114 valence electrons. The van der Waals surface area contributed by atoms with Gasteiger partial charge in [0.15, 0.2) is 5.78 Å². The second-order valence-electron chi connectivity index (χ2n) is 5.43. The van der Waals surface area contributed by atoms with Gasteiger partial charge in [0, 0.05) is 19.7 Å². The number of aliphatic hydroxyl groups excluding tert-OH is 1. The van der Waals surface area contributed by atoms with E-state index in [-0.39, 0.29) is 12.2 Å². The van der Waals surface area contributed by atoms with E-state index >= 15 is 0 Å². The fourth-order valence-corrected chi connectivity index (χ4v) is 2.30. The monoisotopic (exact) mass is 287 g/mol. The minimum Gasteiger partial charge on any atom is -0.389 e. The summed E-state index contributed by atoms with van der Waals surface area (Å²) in [5, 5.41) is 8.89. The lowest BCUT2D eigenvalue weighted by Gasteiger charge is -2.11. The number of carbonyl (C=O) groups is 1. The Bertz CT molecular complexity index is 556. The number of nitrogens with zero attached hydrogens (tertiary/aromatic N) is 1. The number of ketones is 1. The molecule has 0 aliphatic rings. The number of aliphatic hydroxyl groups is 1. The highest BCUT2D eigenvalue weighted by atomic mass is 16.3. The predicted molar refractivity (Wildman–Crippen MR) is 88.1 cm³/mol. The van der Waals surface area contributed by atoms with Crippen LogP contribution >= 0.6 is 0 Å². The highest BCUT2D eigenvalue weighted by Crippen LogP contribution is 2.19. The molecule has 1 N–H and O–H groups in total. The summed E-state index contributed by atoms with van der Waals surface area (Å²) in [4.78, 5) is 15.4. The zero-order valence-electron chi connectivity index (χ0n) is 13.4. The van der Waals surface area contributed by atoms with Crippen LogP contribution in [0.1, 0.15) is 36.5 Å². The van der Waals surface area contributed by atoms with Crippen LogP contribution in [0.3, 0.4) is 0 Å². The van der Waals surface area contributed by atoms with Crippen molar-refractivity contribution >= 4 is 12.0 Å². The summed E-state index contributed by atoms with van der Waals surface area (Å²) < 4.78 is 0. The van der Waals surface area contributed by atoms with Gasteiger partial charge in [-0.1, -0.05) is 23.8 Å². The lowest BCUT2D eigenvalue weighted by atomic mass is 9.95. The van der Waals surface area contributed by atoms with Crippen molar-refractivity contribution in [1.82, 2.24) is 0 Å². The molecule has 0 bridgehead atoms. The van der Waals surface area contributed by atoms with Gasteiger partial charge in [-0.25, -0.2) is 0 Å². The molecule has 0 spiro atoms. The number of hydrogen-bond donors (Lipinski definition) is 1. The Labute approximate surface area is 127 Å². The molecule has 0 aliphatic carbocycles. The molecule has 0 aromatic heterocycles. The van der Waals surface area contributed by atoms with E-state index in [9.17, 15) is 4.79 Å². The quantitative estimate of drug-likeness (QED) is 0.783. The first kappa shape index (κ1) is 17.3. The highest BCUT2D eigenvalue weighted by molar-refractivity contribution is 5.91. The summed E-state index contributed by atoms with van der Waals surface area (Å²) in [6.07, 6.45) is 3.83. The average Bonchev–Trinajstić information content (AvgIpc) is 2.47. The molecule has 1 aromatic rings. The third kappa shape index (κ3) is 5.27. The topological polar surface area (TPSA) is 49.7 Å². The molecule has 3 nitrogen and oxygen atoms in total. The summed E-state index contributed by atoms with van der Waals surface area (Å²) in [5.74, 6) is -0.170. The minimum atomic E-state index is -0.411. The molecule has 0 aliphatic heterocycles. The minimum absolute atomic E-state index is 0.170. The number of hydrogen-bond acceptors (Lipinski definition) is 3. The van der Waals surface area contributed by atoms with E-state index in [4.69, 9.17) is 5.11 Å². The highest BCUT2D eigenvalue weighted by Gasteiger charge is 2.08. The molecule has 0 radical (unpaired) electrons. The van der Waals surface area contributed by atoms with Crippen molar-refractivity contribution in [3.05, 3.63) is 46.0 Å². The van der Waals surface area contributed by atoms with Crippen molar-refractivity contribution < 1.29 is 9.90 Å². The molecule has 0 atom stereocenters. The Morgan fingerprint density at radius 1 is 1.33 bits per heavy atom. The molecule has 0 fully saturated rings. The maximum Gasteiger partial charge on any atom is 0.162 e. The van der Waals surface area contributed by atoms with Gasteiger partial charge in [0.05, 0.1) is 0 Å². The van der Waals surface area contributed by atoms with E-state index < -0.39 is 6.61 Å². The lowest BCUT2D eigenvalue weighted by Crippen LogP contribution is -2.07. The van der Waals surface area contributed by atoms with Crippen LogP contribution in [0.15, 0.2) is 34.3 Å². The molecule has 0 amide bonds. The van der Waals surface area contributed by atoms with E-state index in [1.165, 1.54) is 16.7 Å². The smallest absolute Gasteiger partial charge is 0.162 e. The third-order valence-electron chi connectivity index (χ3n) is 3.88. The summed E-state index contributed by atoms with van der Waals surface area (Å²) in [6, 6.07) is 6.36. The SMILES string of the molecule is C/N=C\C(CC(=O)CO)=C(/C)CCc1cccc(C)c1C. The van der Waals surface area contributed by atoms with Gasteiger partial charge >= 0.3 is 0 Å². The van der Waals surface area contributed by atoms with E-state index in [0.717, 1.165) is 24.0 Å². The van der Waals surface area contributed by atoms with Crippen LogP contribution in [0.4, 0.5) is 0 Å². The average molecular weight is 287 g/mol. The molecule has 1 aromatic carbocycles. The standard InChI is InChI=1S/C18H25NO2/c1-13-6-5-7-16(15(13)3)9-8-14(2)17(11-19-4)10-18(21)12-20/h5-7,11,20H,8-10,12H2,1-4H3/b17-14+,19-11-. The number of allylic oxidation sites excluding steroid dienone is 2. The van der Waals surface area contributed by atoms with Crippen LogP contribution < -0.4 is 0 Å². The summed E-state index contributed by atoms with van der Waals surface area (Å²) >= 11 is 0. The Hall–Kier alpha value is -1.74. The molecule has 21 heavy (non-hydrogen) atoms. The fourth-order valence-electron chi connectivity index (χ4n) is 2.30. The first-order valence-electron chi connectivity index (χ1n) is 7.28. The van der Waals surface area contributed by atoms with Crippen LogP contribution in [0.2, 0.25) is 0 Å². The molecule has 0 saturated carbocycles. The second kappa shape index (κ2) is 8.53. The molecule has 0 saturated heterocycles. The molecule has 1 rings (SSSR count). The van der Waals surface area contributed by atoms with Crippen molar-refractivity contribution in [2.75, 3.05) is 13.7 Å². The Morgan fingerprint density at radius 2 is 2.05 bits per heavy atom. The largest absolute Gasteiger partial charge is 0.389 e. The van der Waals surface area contributed by atoms with E-state index in [0.29, 0.717) is 0 Å². The van der Waals surface area contributed by atoms with Gasteiger partial charge in [-0.3, -0.25) is 9.79 Å². The summed E-state index contributed by atoms with van der Waals surface area (Å²) in [7, 11) is 1.70. The first-order valence-corrected chi connectivity index (χ1v) is 7.28. The Balaban J connectivity index is 2.84. The van der Waals surface area contributed by atoms with Gasteiger partial charge in [-0.15, -0.1) is 0 Å². The normalized spacial score (nSPS) is 12.6. The number of aryl methyl sites for hydroxylation is 2. The van der Waals surface area contributed by atoms with Gasteiger partial charge in [0.1, 0.15) is 6.61 Å². The Kier molecular flexibility index (Phi) is 7.03.